The molecule has 0 fully saturated rings. The molecule has 1 N–H and O–H groups in total. The van der Waals surface area contributed by atoms with Crippen molar-refractivity contribution in [1.29, 1.82) is 0 Å². The number of nitrogens with zero attached hydrogens (tertiary/aromatic N) is 3. The molecule has 1 aromatic carbocycles. The Morgan fingerprint density at radius 2 is 1.95 bits per heavy atom. The van der Waals surface area contributed by atoms with Gasteiger partial charge in [-0.25, -0.2) is 4.39 Å². The Balaban J connectivity index is 2.25. The molecular formula is C15H16FN3O3. The lowest BCUT2D eigenvalue weighted by atomic mass is 10.1. The molecule has 0 spiro atoms. The second-order valence-electron chi connectivity index (χ2n) is 4.98. The number of rotatable bonds is 5. The van der Waals surface area contributed by atoms with Gasteiger partial charge in [-0.1, -0.05) is 12.1 Å². The molecule has 7 heteroatoms. The number of carboxylic acids is 1. The summed E-state index contributed by atoms with van der Waals surface area (Å²) in [5.41, 5.74) is 1.53. The number of amides is 1. The summed E-state index contributed by atoms with van der Waals surface area (Å²) in [6.07, 6.45) is 1.55. The van der Waals surface area contributed by atoms with Gasteiger partial charge in [-0.05, 0) is 24.6 Å². The Morgan fingerprint density at radius 3 is 2.45 bits per heavy atom. The highest BCUT2D eigenvalue weighted by molar-refractivity contribution is 5.96. The second kappa shape index (κ2) is 6.38. The number of hydrogen-bond donors (Lipinski definition) is 1. The number of aryl methyl sites for hydroxylation is 2. The van der Waals surface area contributed by atoms with E-state index in [2.05, 4.69) is 5.10 Å². The fourth-order valence-corrected chi connectivity index (χ4v) is 2.15. The van der Waals surface area contributed by atoms with E-state index in [1.54, 1.807) is 20.2 Å². The Kier molecular flexibility index (Phi) is 4.55. The summed E-state index contributed by atoms with van der Waals surface area (Å²) in [6, 6.07) is 5.59. The van der Waals surface area contributed by atoms with Gasteiger partial charge in [0.1, 0.15) is 12.4 Å². The van der Waals surface area contributed by atoms with Gasteiger partial charge in [0.15, 0.2) is 0 Å². The van der Waals surface area contributed by atoms with Crippen LogP contribution < -0.4 is 0 Å². The number of benzene rings is 1. The van der Waals surface area contributed by atoms with E-state index in [1.165, 1.54) is 33.8 Å². The first-order valence-electron chi connectivity index (χ1n) is 6.62. The van der Waals surface area contributed by atoms with Gasteiger partial charge in [0, 0.05) is 19.8 Å². The first-order chi connectivity index (χ1) is 10.4. The van der Waals surface area contributed by atoms with Crippen LogP contribution in [0, 0.1) is 12.7 Å². The van der Waals surface area contributed by atoms with Crippen molar-refractivity contribution >= 4 is 11.9 Å². The summed E-state index contributed by atoms with van der Waals surface area (Å²) >= 11 is 0. The summed E-state index contributed by atoms with van der Waals surface area (Å²) in [5.74, 6) is -1.92. The summed E-state index contributed by atoms with van der Waals surface area (Å²) in [7, 11) is 1.69. The van der Waals surface area contributed by atoms with Crippen molar-refractivity contribution in [3.05, 3.63) is 53.1 Å². The minimum atomic E-state index is -1.11. The highest BCUT2D eigenvalue weighted by Crippen LogP contribution is 2.13. The van der Waals surface area contributed by atoms with Crippen LogP contribution in [0.3, 0.4) is 0 Å². The normalized spacial score (nSPS) is 10.5. The number of carboxylic acid groups (broad SMARTS) is 1. The Labute approximate surface area is 126 Å². The molecule has 0 atom stereocenters. The van der Waals surface area contributed by atoms with Gasteiger partial charge in [0.2, 0.25) is 0 Å². The molecule has 2 rings (SSSR count). The lowest BCUT2D eigenvalue weighted by molar-refractivity contribution is -0.137. The molecule has 116 valence electrons. The smallest absolute Gasteiger partial charge is 0.323 e. The molecule has 22 heavy (non-hydrogen) atoms. The lowest BCUT2D eigenvalue weighted by Gasteiger charge is -2.20. The molecule has 0 bridgehead atoms. The van der Waals surface area contributed by atoms with Gasteiger partial charge >= 0.3 is 5.97 Å². The van der Waals surface area contributed by atoms with Crippen molar-refractivity contribution < 1.29 is 19.1 Å². The quantitative estimate of drug-likeness (QED) is 0.910. The van der Waals surface area contributed by atoms with Gasteiger partial charge in [-0.15, -0.1) is 0 Å². The molecule has 1 heterocycles. The van der Waals surface area contributed by atoms with E-state index in [0.29, 0.717) is 16.8 Å². The van der Waals surface area contributed by atoms with Crippen LogP contribution >= 0.6 is 0 Å². The molecule has 0 saturated carbocycles. The third kappa shape index (κ3) is 3.69. The van der Waals surface area contributed by atoms with Crippen molar-refractivity contribution in [3.8, 4) is 0 Å². The Morgan fingerprint density at radius 1 is 1.32 bits per heavy atom. The van der Waals surface area contributed by atoms with E-state index >= 15 is 0 Å². The van der Waals surface area contributed by atoms with E-state index in [0.717, 1.165) is 0 Å². The van der Waals surface area contributed by atoms with Crippen LogP contribution in [-0.4, -0.2) is 38.2 Å². The van der Waals surface area contributed by atoms with Crippen molar-refractivity contribution in [2.75, 3.05) is 6.54 Å². The standard InChI is InChI=1S/C15H16FN3O3/c1-10-13(8-18(2)17-10)15(22)19(9-14(20)21)7-11-3-5-12(16)6-4-11/h3-6,8H,7,9H2,1-2H3,(H,20,21). The van der Waals surface area contributed by atoms with Crippen LogP contribution in [0.15, 0.2) is 30.5 Å². The maximum absolute atomic E-state index is 12.9. The average Bonchev–Trinajstić information content (AvgIpc) is 2.78. The number of carbonyl (C=O) groups is 2. The number of hydrogen-bond acceptors (Lipinski definition) is 3. The average molecular weight is 305 g/mol. The third-order valence-corrected chi connectivity index (χ3v) is 3.14. The largest absolute Gasteiger partial charge is 0.480 e. The third-order valence-electron chi connectivity index (χ3n) is 3.14. The van der Waals surface area contributed by atoms with Crippen LogP contribution in [0.25, 0.3) is 0 Å². The van der Waals surface area contributed by atoms with E-state index < -0.39 is 18.4 Å². The van der Waals surface area contributed by atoms with Crippen molar-refractivity contribution in [2.45, 2.75) is 13.5 Å². The van der Waals surface area contributed by atoms with Crippen LogP contribution in [-0.2, 0) is 18.4 Å². The van der Waals surface area contributed by atoms with Crippen LogP contribution in [0.5, 0.6) is 0 Å². The van der Waals surface area contributed by atoms with Gasteiger partial charge in [0.05, 0.1) is 11.3 Å². The molecule has 1 amide bonds. The highest BCUT2D eigenvalue weighted by atomic mass is 19.1. The van der Waals surface area contributed by atoms with Gasteiger partial charge in [0.25, 0.3) is 5.91 Å². The molecule has 6 nitrogen and oxygen atoms in total. The molecule has 2 aromatic rings. The maximum Gasteiger partial charge on any atom is 0.323 e. The predicted molar refractivity (Wildman–Crippen MR) is 76.7 cm³/mol. The summed E-state index contributed by atoms with van der Waals surface area (Å²) < 4.78 is 14.4. The zero-order valence-electron chi connectivity index (χ0n) is 12.3. The predicted octanol–water partition coefficient (Wildman–Crippen LogP) is 1.59. The Hall–Kier alpha value is -2.70. The van der Waals surface area contributed by atoms with E-state index in [-0.39, 0.29) is 12.4 Å². The zero-order chi connectivity index (χ0) is 16.3. The second-order valence-corrected chi connectivity index (χ2v) is 4.98. The lowest BCUT2D eigenvalue weighted by Crippen LogP contribution is -2.35. The first-order valence-corrected chi connectivity index (χ1v) is 6.62. The summed E-state index contributed by atoms with van der Waals surface area (Å²) in [6.45, 7) is 1.33. The molecule has 0 radical (unpaired) electrons. The van der Waals surface area contributed by atoms with E-state index in [9.17, 15) is 14.0 Å². The minimum Gasteiger partial charge on any atom is -0.480 e. The number of carbonyl (C=O) groups excluding carboxylic acids is 1. The van der Waals surface area contributed by atoms with Crippen molar-refractivity contribution in [2.24, 2.45) is 7.05 Å². The van der Waals surface area contributed by atoms with Crippen molar-refractivity contribution in [3.63, 3.8) is 0 Å². The molecule has 0 unspecified atom stereocenters. The monoisotopic (exact) mass is 305 g/mol. The minimum absolute atomic E-state index is 0.0831. The molecule has 0 aliphatic heterocycles. The van der Waals surface area contributed by atoms with Crippen molar-refractivity contribution in [1.82, 2.24) is 14.7 Å². The number of aliphatic carboxylic acids is 1. The highest BCUT2D eigenvalue weighted by Gasteiger charge is 2.22. The molecule has 0 saturated heterocycles. The molecular weight excluding hydrogens is 289 g/mol. The summed E-state index contributed by atoms with van der Waals surface area (Å²) in [4.78, 5) is 24.7. The zero-order valence-corrected chi connectivity index (χ0v) is 12.3. The topological polar surface area (TPSA) is 75.4 Å². The van der Waals surface area contributed by atoms with E-state index in [1.807, 2.05) is 0 Å². The maximum atomic E-state index is 12.9. The number of aromatic nitrogens is 2. The number of halogens is 1. The SMILES string of the molecule is Cc1nn(C)cc1C(=O)N(CC(=O)O)Cc1ccc(F)cc1. The first kappa shape index (κ1) is 15.7. The fourth-order valence-electron chi connectivity index (χ4n) is 2.15. The van der Waals surface area contributed by atoms with E-state index in [4.69, 9.17) is 5.11 Å². The molecule has 0 aliphatic carbocycles. The summed E-state index contributed by atoms with van der Waals surface area (Å²) in [5, 5.41) is 13.1. The fraction of sp³-hybridized carbons (Fsp3) is 0.267. The molecule has 0 aliphatic rings. The van der Waals surface area contributed by atoms with Crippen LogP contribution in [0.4, 0.5) is 4.39 Å². The van der Waals surface area contributed by atoms with Gasteiger partial charge in [-0.2, -0.15) is 5.10 Å². The van der Waals surface area contributed by atoms with Crippen LogP contribution in [0.1, 0.15) is 21.6 Å². The van der Waals surface area contributed by atoms with Gasteiger partial charge in [-0.3, -0.25) is 14.3 Å². The van der Waals surface area contributed by atoms with Crippen LogP contribution in [0.2, 0.25) is 0 Å². The van der Waals surface area contributed by atoms with Gasteiger partial charge < -0.3 is 10.0 Å². The Bertz CT molecular complexity index is 695. The molecule has 1 aromatic heterocycles.